The minimum absolute atomic E-state index is 0.0554. The Hall–Kier alpha value is -2.59. The first kappa shape index (κ1) is 16.5. The number of alkyl halides is 3. The van der Waals surface area contributed by atoms with Gasteiger partial charge in [0.25, 0.3) is 5.56 Å². The summed E-state index contributed by atoms with van der Waals surface area (Å²) in [6.45, 7) is -3.73. The van der Waals surface area contributed by atoms with Crippen LogP contribution in [-0.4, -0.2) is 50.7 Å². The highest BCUT2D eigenvalue weighted by molar-refractivity contribution is 5.81. The lowest BCUT2D eigenvalue weighted by molar-refractivity contribution is -0.166. The summed E-state index contributed by atoms with van der Waals surface area (Å²) in [5.41, 5.74) is -1.72. The van der Waals surface area contributed by atoms with Crippen LogP contribution in [0.2, 0.25) is 0 Å². The Labute approximate surface area is 114 Å². The summed E-state index contributed by atoms with van der Waals surface area (Å²) < 4.78 is 37.5. The van der Waals surface area contributed by atoms with Gasteiger partial charge in [0.2, 0.25) is 5.91 Å². The van der Waals surface area contributed by atoms with Crippen molar-refractivity contribution in [3.8, 4) is 0 Å². The maximum atomic E-state index is 12.3. The molecule has 0 aromatic carbocycles. The van der Waals surface area contributed by atoms with E-state index >= 15 is 0 Å². The predicted molar refractivity (Wildman–Crippen MR) is 61.6 cm³/mol. The van der Waals surface area contributed by atoms with E-state index in [0.717, 1.165) is 12.3 Å². The van der Waals surface area contributed by atoms with Crippen molar-refractivity contribution < 1.29 is 27.9 Å². The molecule has 0 spiro atoms. The number of rotatable bonds is 5. The van der Waals surface area contributed by atoms with Gasteiger partial charge < -0.3 is 10.0 Å². The minimum atomic E-state index is -4.78. The van der Waals surface area contributed by atoms with Crippen LogP contribution in [0.15, 0.2) is 21.9 Å². The fraction of sp³-hybridized carbons (Fsp3) is 0.400. The fourth-order valence-corrected chi connectivity index (χ4v) is 1.43. The molecule has 1 aromatic rings. The van der Waals surface area contributed by atoms with E-state index in [1.165, 1.54) is 0 Å². The highest BCUT2D eigenvalue weighted by atomic mass is 19.4. The Morgan fingerprint density at radius 2 is 1.95 bits per heavy atom. The fourth-order valence-electron chi connectivity index (χ4n) is 1.43. The molecule has 0 radical (unpaired) electrons. The van der Waals surface area contributed by atoms with Gasteiger partial charge in [-0.2, -0.15) is 13.2 Å². The van der Waals surface area contributed by atoms with Crippen molar-refractivity contribution >= 4 is 11.9 Å². The molecule has 0 unspecified atom stereocenters. The van der Waals surface area contributed by atoms with Gasteiger partial charge in [0.1, 0.15) is 19.6 Å². The van der Waals surface area contributed by atoms with E-state index in [0.29, 0.717) is 4.57 Å². The zero-order chi connectivity index (χ0) is 16.2. The second kappa shape index (κ2) is 6.24. The van der Waals surface area contributed by atoms with Gasteiger partial charge >= 0.3 is 17.8 Å². The lowest BCUT2D eigenvalue weighted by atomic mass is 10.4. The number of aromatic nitrogens is 2. The molecule has 11 heteroatoms. The van der Waals surface area contributed by atoms with Gasteiger partial charge in [-0.3, -0.25) is 23.9 Å². The van der Waals surface area contributed by atoms with Crippen molar-refractivity contribution in [3.05, 3.63) is 33.1 Å². The van der Waals surface area contributed by atoms with Crippen molar-refractivity contribution in [2.75, 3.05) is 13.1 Å². The monoisotopic (exact) mass is 309 g/mol. The van der Waals surface area contributed by atoms with Crippen LogP contribution in [0, 0.1) is 0 Å². The SMILES string of the molecule is O=C(O)CN(CC(F)(F)F)C(=O)Cn1ccc(=O)[nH]c1=O. The number of H-pyrrole nitrogens is 1. The number of nitrogens with one attached hydrogen (secondary N) is 1. The predicted octanol–water partition coefficient (Wildman–Crippen LogP) is -0.988. The van der Waals surface area contributed by atoms with Crippen LogP contribution in [0.4, 0.5) is 13.2 Å². The van der Waals surface area contributed by atoms with Crippen molar-refractivity contribution in [2.45, 2.75) is 12.7 Å². The molecule has 116 valence electrons. The lowest BCUT2D eigenvalue weighted by Gasteiger charge is -2.22. The first-order valence-corrected chi connectivity index (χ1v) is 5.44. The van der Waals surface area contributed by atoms with Crippen LogP contribution in [0.1, 0.15) is 0 Å². The third-order valence-electron chi connectivity index (χ3n) is 2.25. The molecule has 0 saturated carbocycles. The molecule has 1 heterocycles. The minimum Gasteiger partial charge on any atom is -0.480 e. The summed E-state index contributed by atoms with van der Waals surface area (Å²) >= 11 is 0. The van der Waals surface area contributed by atoms with Crippen LogP contribution < -0.4 is 11.2 Å². The summed E-state index contributed by atoms with van der Waals surface area (Å²) in [5.74, 6) is -2.84. The van der Waals surface area contributed by atoms with Crippen LogP contribution in [-0.2, 0) is 16.1 Å². The molecular weight excluding hydrogens is 299 g/mol. The van der Waals surface area contributed by atoms with Gasteiger partial charge in [0, 0.05) is 12.3 Å². The third-order valence-corrected chi connectivity index (χ3v) is 2.25. The number of halogens is 3. The van der Waals surface area contributed by atoms with E-state index in [-0.39, 0.29) is 4.90 Å². The van der Waals surface area contributed by atoms with Crippen molar-refractivity contribution in [1.29, 1.82) is 0 Å². The largest absolute Gasteiger partial charge is 0.480 e. The molecular formula is C10H10F3N3O5. The Bertz CT molecular complexity index is 648. The first-order valence-electron chi connectivity index (χ1n) is 5.44. The van der Waals surface area contributed by atoms with Crippen LogP contribution >= 0.6 is 0 Å². The van der Waals surface area contributed by atoms with Gasteiger partial charge in [0.05, 0.1) is 0 Å². The van der Waals surface area contributed by atoms with Crippen molar-refractivity contribution in [1.82, 2.24) is 14.5 Å². The van der Waals surface area contributed by atoms with Gasteiger partial charge in [-0.25, -0.2) is 4.79 Å². The number of carboxylic acid groups (broad SMARTS) is 1. The van der Waals surface area contributed by atoms with Gasteiger partial charge in [-0.1, -0.05) is 0 Å². The van der Waals surface area contributed by atoms with Gasteiger partial charge in [0.15, 0.2) is 0 Å². The standard InChI is InChI=1S/C10H10F3N3O5/c11-10(12,13)5-16(4-8(19)20)7(18)3-15-2-1-6(17)14-9(15)21/h1-2H,3-5H2,(H,19,20)(H,14,17,21). The van der Waals surface area contributed by atoms with Gasteiger partial charge in [-0.05, 0) is 0 Å². The number of aliphatic carboxylic acids is 1. The topological polar surface area (TPSA) is 112 Å². The molecule has 21 heavy (non-hydrogen) atoms. The smallest absolute Gasteiger partial charge is 0.406 e. The molecule has 0 aliphatic heterocycles. The first-order chi connectivity index (χ1) is 9.58. The molecule has 1 rings (SSSR count). The molecule has 0 atom stereocenters. The number of carboxylic acids is 1. The van der Waals surface area contributed by atoms with Crippen LogP contribution in [0.5, 0.6) is 0 Å². The molecule has 0 bridgehead atoms. The number of amides is 1. The molecule has 0 saturated heterocycles. The van der Waals surface area contributed by atoms with Crippen molar-refractivity contribution in [2.24, 2.45) is 0 Å². The number of carbonyl (C=O) groups is 2. The van der Waals surface area contributed by atoms with E-state index in [4.69, 9.17) is 5.11 Å². The molecule has 0 aliphatic carbocycles. The summed E-state index contributed by atoms with van der Waals surface area (Å²) in [7, 11) is 0. The quantitative estimate of drug-likeness (QED) is 0.725. The molecule has 1 amide bonds. The number of carbonyl (C=O) groups excluding carboxylic acids is 1. The van der Waals surface area contributed by atoms with E-state index in [9.17, 15) is 32.3 Å². The molecule has 0 aliphatic rings. The molecule has 2 N–H and O–H groups in total. The number of nitrogens with zero attached hydrogens (tertiary/aromatic N) is 2. The average Bonchev–Trinajstić information content (AvgIpc) is 2.29. The zero-order valence-electron chi connectivity index (χ0n) is 10.4. The molecule has 8 nitrogen and oxygen atoms in total. The Kier molecular flexibility index (Phi) is 4.89. The summed E-state index contributed by atoms with van der Waals surface area (Å²) in [6.07, 6.45) is -3.85. The van der Waals surface area contributed by atoms with Crippen LogP contribution in [0.3, 0.4) is 0 Å². The molecule has 1 aromatic heterocycles. The molecule has 0 fully saturated rings. The highest BCUT2D eigenvalue weighted by Crippen LogP contribution is 2.16. The summed E-state index contributed by atoms with van der Waals surface area (Å²) in [4.78, 5) is 46.1. The maximum absolute atomic E-state index is 12.3. The second-order valence-corrected chi connectivity index (χ2v) is 4.00. The average molecular weight is 309 g/mol. The number of hydrogen-bond acceptors (Lipinski definition) is 4. The number of aromatic amines is 1. The summed E-state index contributed by atoms with van der Waals surface area (Å²) in [6, 6.07) is 0.903. The Balaban J connectivity index is 2.92. The third kappa shape index (κ3) is 5.50. The van der Waals surface area contributed by atoms with E-state index in [1.54, 1.807) is 0 Å². The van der Waals surface area contributed by atoms with Crippen LogP contribution in [0.25, 0.3) is 0 Å². The van der Waals surface area contributed by atoms with E-state index in [2.05, 4.69) is 0 Å². The van der Waals surface area contributed by atoms with E-state index < -0.39 is 48.9 Å². The highest BCUT2D eigenvalue weighted by Gasteiger charge is 2.34. The Morgan fingerprint density at radius 3 is 2.43 bits per heavy atom. The van der Waals surface area contributed by atoms with Crippen molar-refractivity contribution in [3.63, 3.8) is 0 Å². The second-order valence-electron chi connectivity index (χ2n) is 4.00. The normalized spacial score (nSPS) is 11.2. The van der Waals surface area contributed by atoms with Gasteiger partial charge in [-0.15, -0.1) is 0 Å². The van der Waals surface area contributed by atoms with E-state index in [1.807, 2.05) is 4.98 Å². The lowest BCUT2D eigenvalue weighted by Crippen LogP contribution is -2.45. The Morgan fingerprint density at radius 1 is 1.33 bits per heavy atom. The summed E-state index contributed by atoms with van der Waals surface area (Å²) in [5, 5.41) is 8.51. The zero-order valence-corrected chi connectivity index (χ0v) is 10.4. The number of hydrogen-bond donors (Lipinski definition) is 2. The maximum Gasteiger partial charge on any atom is 0.406 e.